The first-order valence-electron chi connectivity index (χ1n) is 7.82. The van der Waals surface area contributed by atoms with Gasteiger partial charge in [-0.05, 0) is 23.9 Å². The van der Waals surface area contributed by atoms with E-state index in [4.69, 9.17) is 0 Å². The fourth-order valence-electron chi connectivity index (χ4n) is 2.38. The first-order chi connectivity index (χ1) is 12.1. The molecule has 5 nitrogen and oxygen atoms in total. The monoisotopic (exact) mass is 331 g/mol. The van der Waals surface area contributed by atoms with Crippen LogP contribution in [0.1, 0.15) is 11.1 Å². The van der Waals surface area contributed by atoms with Crippen molar-refractivity contribution in [3.63, 3.8) is 0 Å². The summed E-state index contributed by atoms with van der Waals surface area (Å²) in [4.78, 5) is 23.9. The zero-order valence-electron chi connectivity index (χ0n) is 13.7. The number of nitrogens with one attached hydrogen (secondary N) is 2. The van der Waals surface area contributed by atoms with Gasteiger partial charge in [-0.1, -0.05) is 66.2 Å². The summed E-state index contributed by atoms with van der Waals surface area (Å²) in [5, 5.41) is 8.28. The SMILES string of the molecule is Cc1ccc(/C=N\NC(=O)C(=O)Nc2cccc3ccccc23)cc1. The zero-order chi connectivity index (χ0) is 17.6. The van der Waals surface area contributed by atoms with Crippen LogP contribution in [0.2, 0.25) is 0 Å². The number of amides is 2. The molecule has 0 saturated carbocycles. The predicted octanol–water partition coefficient (Wildman–Crippen LogP) is 3.24. The van der Waals surface area contributed by atoms with Crippen LogP contribution in [0, 0.1) is 6.92 Å². The first kappa shape index (κ1) is 16.4. The van der Waals surface area contributed by atoms with E-state index in [1.165, 1.54) is 6.21 Å². The van der Waals surface area contributed by atoms with Crippen LogP contribution in [0.3, 0.4) is 0 Å². The second-order valence-electron chi connectivity index (χ2n) is 5.59. The highest BCUT2D eigenvalue weighted by Crippen LogP contribution is 2.22. The van der Waals surface area contributed by atoms with E-state index in [1.54, 1.807) is 6.07 Å². The average Bonchev–Trinajstić information content (AvgIpc) is 2.63. The molecule has 0 aromatic heterocycles. The van der Waals surface area contributed by atoms with Crippen molar-refractivity contribution in [2.24, 2.45) is 5.10 Å². The molecule has 0 saturated heterocycles. The van der Waals surface area contributed by atoms with Gasteiger partial charge < -0.3 is 5.32 Å². The molecule has 0 aliphatic carbocycles. The summed E-state index contributed by atoms with van der Waals surface area (Å²) in [7, 11) is 0. The molecule has 0 unspecified atom stereocenters. The summed E-state index contributed by atoms with van der Waals surface area (Å²) < 4.78 is 0. The first-order valence-corrected chi connectivity index (χ1v) is 7.82. The molecule has 0 spiro atoms. The minimum absolute atomic E-state index is 0.584. The van der Waals surface area contributed by atoms with Crippen molar-refractivity contribution in [1.29, 1.82) is 0 Å². The number of benzene rings is 3. The third-order valence-corrected chi connectivity index (χ3v) is 3.70. The van der Waals surface area contributed by atoms with Crippen molar-refractivity contribution in [2.45, 2.75) is 6.92 Å². The van der Waals surface area contributed by atoms with Gasteiger partial charge in [-0.3, -0.25) is 9.59 Å². The van der Waals surface area contributed by atoms with Gasteiger partial charge in [-0.25, -0.2) is 5.43 Å². The Hall–Kier alpha value is -3.47. The van der Waals surface area contributed by atoms with Gasteiger partial charge in [0.15, 0.2) is 0 Å². The number of hydrazone groups is 1. The highest BCUT2D eigenvalue weighted by atomic mass is 16.2. The van der Waals surface area contributed by atoms with E-state index in [2.05, 4.69) is 15.8 Å². The third-order valence-electron chi connectivity index (χ3n) is 3.70. The Labute approximate surface area is 145 Å². The molecule has 3 aromatic rings. The molecular formula is C20H17N3O2. The molecule has 0 fully saturated rings. The Bertz CT molecular complexity index is 941. The molecule has 0 radical (unpaired) electrons. The van der Waals surface area contributed by atoms with Crippen LogP contribution in [0.25, 0.3) is 10.8 Å². The molecule has 3 aromatic carbocycles. The summed E-state index contributed by atoms with van der Waals surface area (Å²) in [6, 6.07) is 20.8. The number of anilines is 1. The fraction of sp³-hybridized carbons (Fsp3) is 0.0500. The van der Waals surface area contributed by atoms with Gasteiger partial charge in [0, 0.05) is 11.1 Å². The summed E-state index contributed by atoms with van der Waals surface area (Å²) in [6.07, 6.45) is 1.49. The Morgan fingerprint density at radius 1 is 0.880 bits per heavy atom. The summed E-state index contributed by atoms with van der Waals surface area (Å²) in [6.45, 7) is 1.99. The van der Waals surface area contributed by atoms with Crippen molar-refractivity contribution < 1.29 is 9.59 Å². The maximum atomic E-state index is 12.0. The Morgan fingerprint density at radius 3 is 2.40 bits per heavy atom. The van der Waals surface area contributed by atoms with Crippen LogP contribution >= 0.6 is 0 Å². The summed E-state index contributed by atoms with van der Waals surface area (Å²) in [5.74, 6) is -1.59. The molecule has 0 aliphatic heterocycles. The van der Waals surface area contributed by atoms with Crippen LogP contribution in [-0.2, 0) is 9.59 Å². The lowest BCUT2D eigenvalue weighted by Gasteiger charge is -2.07. The molecule has 0 bridgehead atoms. The number of aryl methyl sites for hydroxylation is 1. The molecule has 0 heterocycles. The van der Waals surface area contributed by atoms with E-state index in [9.17, 15) is 9.59 Å². The lowest BCUT2D eigenvalue weighted by molar-refractivity contribution is -0.136. The van der Waals surface area contributed by atoms with Crippen LogP contribution in [0.4, 0.5) is 5.69 Å². The number of carbonyl (C=O) groups excluding carboxylic acids is 2. The third kappa shape index (κ3) is 4.09. The number of carbonyl (C=O) groups is 2. The highest BCUT2D eigenvalue weighted by molar-refractivity contribution is 6.40. The second-order valence-corrected chi connectivity index (χ2v) is 5.59. The molecule has 2 N–H and O–H groups in total. The van der Waals surface area contributed by atoms with Crippen molar-refractivity contribution in [1.82, 2.24) is 5.43 Å². The van der Waals surface area contributed by atoms with E-state index in [0.717, 1.165) is 21.9 Å². The largest absolute Gasteiger partial charge is 0.329 e. The van der Waals surface area contributed by atoms with Crippen LogP contribution < -0.4 is 10.7 Å². The van der Waals surface area contributed by atoms with E-state index in [0.29, 0.717) is 5.69 Å². The van der Waals surface area contributed by atoms with Crippen molar-refractivity contribution in [3.8, 4) is 0 Å². The minimum Gasteiger partial charge on any atom is -0.317 e. The van der Waals surface area contributed by atoms with Crippen molar-refractivity contribution >= 4 is 34.5 Å². The zero-order valence-corrected chi connectivity index (χ0v) is 13.7. The number of hydrogen-bond acceptors (Lipinski definition) is 3. The predicted molar refractivity (Wildman–Crippen MR) is 99.5 cm³/mol. The Balaban J connectivity index is 1.64. The molecule has 25 heavy (non-hydrogen) atoms. The van der Waals surface area contributed by atoms with E-state index < -0.39 is 11.8 Å². The molecule has 5 heteroatoms. The van der Waals surface area contributed by atoms with Crippen LogP contribution in [0.5, 0.6) is 0 Å². The van der Waals surface area contributed by atoms with Gasteiger partial charge in [0.05, 0.1) is 6.21 Å². The van der Waals surface area contributed by atoms with Gasteiger partial charge in [-0.2, -0.15) is 5.10 Å². The quantitative estimate of drug-likeness (QED) is 0.439. The van der Waals surface area contributed by atoms with Gasteiger partial charge in [0.2, 0.25) is 0 Å². The normalized spacial score (nSPS) is 10.8. The number of nitrogens with zero attached hydrogens (tertiary/aromatic N) is 1. The number of hydrogen-bond donors (Lipinski definition) is 2. The van der Waals surface area contributed by atoms with E-state index in [1.807, 2.05) is 67.6 Å². The summed E-state index contributed by atoms with van der Waals surface area (Å²) >= 11 is 0. The molecule has 124 valence electrons. The molecule has 2 amide bonds. The van der Waals surface area contributed by atoms with Gasteiger partial charge >= 0.3 is 11.8 Å². The fourth-order valence-corrected chi connectivity index (χ4v) is 2.38. The number of fused-ring (bicyclic) bond motifs is 1. The van der Waals surface area contributed by atoms with Gasteiger partial charge in [0.1, 0.15) is 0 Å². The van der Waals surface area contributed by atoms with Gasteiger partial charge in [-0.15, -0.1) is 0 Å². The topological polar surface area (TPSA) is 70.6 Å². The van der Waals surface area contributed by atoms with Gasteiger partial charge in [0.25, 0.3) is 0 Å². The van der Waals surface area contributed by atoms with Crippen LogP contribution in [0.15, 0.2) is 71.8 Å². The lowest BCUT2D eigenvalue weighted by atomic mass is 10.1. The van der Waals surface area contributed by atoms with E-state index >= 15 is 0 Å². The standard InChI is InChI=1S/C20H17N3O2/c1-14-9-11-15(12-10-14)13-21-23-20(25)19(24)22-18-8-4-6-16-5-2-3-7-17(16)18/h2-13H,1H3,(H,22,24)(H,23,25)/b21-13-. The average molecular weight is 331 g/mol. The second kappa shape index (κ2) is 7.40. The minimum atomic E-state index is -0.823. The lowest BCUT2D eigenvalue weighted by Crippen LogP contribution is -2.32. The maximum absolute atomic E-state index is 12.0. The van der Waals surface area contributed by atoms with Crippen LogP contribution in [-0.4, -0.2) is 18.0 Å². The van der Waals surface area contributed by atoms with E-state index in [-0.39, 0.29) is 0 Å². The molecule has 0 aliphatic rings. The highest BCUT2D eigenvalue weighted by Gasteiger charge is 2.14. The molecular weight excluding hydrogens is 314 g/mol. The smallest absolute Gasteiger partial charge is 0.317 e. The Kier molecular flexibility index (Phi) is 4.85. The Morgan fingerprint density at radius 2 is 1.60 bits per heavy atom. The summed E-state index contributed by atoms with van der Waals surface area (Å²) in [5.41, 5.74) is 4.78. The molecule has 3 rings (SSSR count). The molecule has 0 atom stereocenters. The van der Waals surface area contributed by atoms with Crippen molar-refractivity contribution in [2.75, 3.05) is 5.32 Å². The van der Waals surface area contributed by atoms with Crippen molar-refractivity contribution in [3.05, 3.63) is 77.9 Å². The number of rotatable bonds is 3. The maximum Gasteiger partial charge on any atom is 0.329 e.